The van der Waals surface area contributed by atoms with E-state index in [9.17, 15) is 19.6 Å². The highest BCUT2D eigenvalue weighted by Gasteiger charge is 2.42. The molecule has 8 heteroatoms. The van der Waals surface area contributed by atoms with Gasteiger partial charge in [-0.05, 0) is 23.8 Å². The minimum atomic E-state index is -2.64. The minimum Gasteiger partial charge on any atom is -0.497 e. The van der Waals surface area contributed by atoms with E-state index in [1.165, 1.54) is 7.11 Å². The van der Waals surface area contributed by atoms with Crippen LogP contribution in [0.3, 0.4) is 0 Å². The van der Waals surface area contributed by atoms with E-state index in [1.54, 1.807) is 24.3 Å². The van der Waals surface area contributed by atoms with Crippen LogP contribution in [0.15, 0.2) is 46.4 Å². The van der Waals surface area contributed by atoms with Crippen molar-refractivity contribution in [2.75, 3.05) is 7.11 Å². The summed E-state index contributed by atoms with van der Waals surface area (Å²) >= 11 is 2.77. The Bertz CT molecular complexity index is 674. The number of benzene rings is 1. The van der Waals surface area contributed by atoms with Gasteiger partial charge in [-0.15, -0.1) is 0 Å². The highest BCUT2D eigenvalue weighted by atomic mass is 79.9. The Balaban J connectivity index is 2.24. The summed E-state index contributed by atoms with van der Waals surface area (Å²) in [4.78, 5) is 10.2. The molecular formula is C14H13BrFNO5. The molecule has 118 valence electrons. The van der Waals surface area contributed by atoms with E-state index in [-0.39, 0.29) is 11.1 Å². The molecule has 1 N–H and O–H groups in total. The molecule has 0 aromatic heterocycles. The average Bonchev–Trinajstić information content (AvgIpc) is 2.49. The van der Waals surface area contributed by atoms with Crippen LogP contribution >= 0.6 is 15.9 Å². The molecule has 1 aromatic carbocycles. The van der Waals surface area contributed by atoms with Crippen molar-refractivity contribution in [1.29, 1.82) is 0 Å². The van der Waals surface area contributed by atoms with Crippen molar-refractivity contribution >= 4 is 15.9 Å². The molecule has 0 spiro atoms. The lowest BCUT2D eigenvalue weighted by Crippen LogP contribution is -2.38. The molecule has 2 atom stereocenters. The lowest BCUT2D eigenvalue weighted by atomic mass is 10.0. The predicted octanol–water partition coefficient (Wildman–Crippen LogP) is 2.69. The van der Waals surface area contributed by atoms with Gasteiger partial charge in [0.1, 0.15) is 12.4 Å². The van der Waals surface area contributed by atoms with Gasteiger partial charge in [0.2, 0.25) is 5.76 Å². The zero-order chi connectivity index (χ0) is 17.2. The van der Waals surface area contributed by atoms with Crippen molar-refractivity contribution < 1.29 is 25.3 Å². The SMILES string of the molecule is [2H]C1(O)C(Br)=CC(F)=C(OCc2ccc(OC)cc2)C1[N+](=O)[O-]. The van der Waals surface area contributed by atoms with E-state index < -0.39 is 28.6 Å². The van der Waals surface area contributed by atoms with Crippen molar-refractivity contribution in [3.05, 3.63) is 62.1 Å². The Morgan fingerprint density at radius 2 is 2.14 bits per heavy atom. The predicted molar refractivity (Wildman–Crippen MR) is 79.7 cm³/mol. The van der Waals surface area contributed by atoms with Crippen LogP contribution in [0, 0.1) is 10.1 Å². The Kier molecular flexibility index (Phi) is 4.69. The molecule has 1 aliphatic rings. The number of nitro groups is 1. The second-order valence-electron chi connectivity index (χ2n) is 4.41. The van der Waals surface area contributed by atoms with Gasteiger partial charge in [0.25, 0.3) is 0 Å². The van der Waals surface area contributed by atoms with Gasteiger partial charge < -0.3 is 14.6 Å². The van der Waals surface area contributed by atoms with Crippen molar-refractivity contribution in [3.63, 3.8) is 0 Å². The van der Waals surface area contributed by atoms with Gasteiger partial charge in [-0.2, -0.15) is 0 Å². The fraction of sp³-hybridized carbons (Fsp3) is 0.286. The standard InChI is InChI=1S/C14H13BrFNO5/c1-21-9-4-2-8(3-5-9)7-22-14-11(16)6-10(15)13(18)12(14)17(19)20/h2-6,12-13,18H,7H2,1H3/i13D. The lowest BCUT2D eigenvalue weighted by molar-refractivity contribution is -0.526. The van der Waals surface area contributed by atoms with Crippen molar-refractivity contribution in [2.45, 2.75) is 18.7 Å². The molecule has 2 rings (SSSR count). The average molecular weight is 375 g/mol. The highest BCUT2D eigenvalue weighted by molar-refractivity contribution is 9.11. The fourth-order valence-electron chi connectivity index (χ4n) is 1.87. The van der Waals surface area contributed by atoms with E-state index in [1.807, 2.05) is 0 Å². The number of hydrogen-bond acceptors (Lipinski definition) is 5. The summed E-state index contributed by atoms with van der Waals surface area (Å²) in [5, 5.41) is 21.1. The minimum absolute atomic E-state index is 0.154. The molecule has 0 aliphatic heterocycles. The van der Waals surface area contributed by atoms with Gasteiger partial charge >= 0.3 is 6.04 Å². The number of methoxy groups -OCH3 is 1. The lowest BCUT2D eigenvalue weighted by Gasteiger charge is -2.22. The molecule has 0 amide bonds. The largest absolute Gasteiger partial charge is 0.497 e. The summed E-state index contributed by atoms with van der Waals surface area (Å²) in [5.41, 5.74) is 0.621. The van der Waals surface area contributed by atoms with Gasteiger partial charge in [0.05, 0.1) is 8.48 Å². The Morgan fingerprint density at radius 1 is 1.50 bits per heavy atom. The molecule has 1 aromatic rings. The molecule has 0 saturated heterocycles. The molecule has 0 heterocycles. The number of ether oxygens (including phenoxy) is 2. The normalized spacial score (nSPS) is 25.4. The highest BCUT2D eigenvalue weighted by Crippen LogP contribution is 2.32. The van der Waals surface area contributed by atoms with E-state index in [4.69, 9.17) is 10.8 Å². The maximum Gasteiger partial charge on any atom is 0.301 e. The van der Waals surface area contributed by atoms with Gasteiger partial charge in [0, 0.05) is 9.41 Å². The van der Waals surface area contributed by atoms with Crippen LogP contribution in [0.25, 0.3) is 0 Å². The molecule has 1 aliphatic carbocycles. The molecule has 22 heavy (non-hydrogen) atoms. The second kappa shape index (κ2) is 6.89. The van der Waals surface area contributed by atoms with Gasteiger partial charge in [-0.1, -0.05) is 28.1 Å². The van der Waals surface area contributed by atoms with Gasteiger partial charge in [-0.25, -0.2) is 4.39 Å². The van der Waals surface area contributed by atoms with Crippen LogP contribution in [0.4, 0.5) is 4.39 Å². The van der Waals surface area contributed by atoms with E-state index in [0.29, 0.717) is 11.3 Å². The van der Waals surface area contributed by atoms with Crippen LogP contribution in [0.2, 0.25) is 0 Å². The topological polar surface area (TPSA) is 81.8 Å². The van der Waals surface area contributed by atoms with Crippen LogP contribution in [0.1, 0.15) is 6.93 Å². The summed E-state index contributed by atoms with van der Waals surface area (Å²) in [6, 6.07) is 4.55. The summed E-state index contributed by atoms with van der Waals surface area (Å²) in [5.74, 6) is -1.08. The Morgan fingerprint density at radius 3 is 2.68 bits per heavy atom. The monoisotopic (exact) mass is 374 g/mol. The first-order valence-corrected chi connectivity index (χ1v) is 6.95. The van der Waals surface area contributed by atoms with E-state index in [0.717, 1.165) is 6.08 Å². The summed E-state index contributed by atoms with van der Waals surface area (Å²) in [7, 11) is 1.51. The van der Waals surface area contributed by atoms with Crippen molar-refractivity contribution in [1.82, 2.24) is 0 Å². The first-order chi connectivity index (χ1) is 10.8. The number of nitrogens with zero attached hydrogens (tertiary/aromatic N) is 1. The molecule has 2 unspecified atom stereocenters. The van der Waals surface area contributed by atoms with Gasteiger partial charge in [-0.3, -0.25) is 10.1 Å². The van der Waals surface area contributed by atoms with Crippen molar-refractivity contribution in [3.8, 4) is 5.75 Å². The molecular weight excluding hydrogens is 361 g/mol. The van der Waals surface area contributed by atoms with Crippen LogP contribution in [-0.2, 0) is 11.3 Å². The summed E-state index contributed by atoms with van der Waals surface area (Å²) in [6.45, 7) is -0.154. The zero-order valence-electron chi connectivity index (χ0n) is 12.5. The Labute approximate surface area is 135 Å². The quantitative estimate of drug-likeness (QED) is 0.632. The molecule has 0 radical (unpaired) electrons. The maximum absolute atomic E-state index is 14.0. The third-order valence-electron chi connectivity index (χ3n) is 3.01. The molecule has 0 bridgehead atoms. The molecule has 6 nitrogen and oxygen atoms in total. The third-order valence-corrected chi connectivity index (χ3v) is 3.64. The van der Waals surface area contributed by atoms with Crippen LogP contribution in [-0.4, -0.2) is 29.3 Å². The second-order valence-corrected chi connectivity index (χ2v) is 5.27. The van der Waals surface area contributed by atoms with Gasteiger partial charge in [0.15, 0.2) is 11.9 Å². The first-order valence-electron chi connectivity index (χ1n) is 6.66. The van der Waals surface area contributed by atoms with E-state index in [2.05, 4.69) is 15.9 Å². The first kappa shape index (κ1) is 15.0. The number of rotatable bonds is 5. The summed E-state index contributed by atoms with van der Waals surface area (Å²) < 4.78 is 31.5. The number of aliphatic hydroxyl groups is 1. The molecule has 0 fully saturated rings. The smallest absolute Gasteiger partial charge is 0.301 e. The van der Waals surface area contributed by atoms with E-state index >= 15 is 0 Å². The summed E-state index contributed by atoms with van der Waals surface area (Å²) in [6.07, 6.45) is -1.86. The maximum atomic E-state index is 14.0. The fourth-order valence-corrected chi connectivity index (χ4v) is 2.29. The van der Waals surface area contributed by atoms with Crippen LogP contribution < -0.4 is 4.74 Å². The number of halogens is 2. The zero-order valence-corrected chi connectivity index (χ0v) is 13.0. The van der Waals surface area contributed by atoms with Crippen molar-refractivity contribution in [2.24, 2.45) is 0 Å². The third kappa shape index (κ3) is 3.45. The van der Waals surface area contributed by atoms with Crippen LogP contribution in [0.5, 0.6) is 5.75 Å². The Hall–Kier alpha value is -1.93. The molecule has 0 saturated carbocycles. The number of hydrogen-bond donors (Lipinski definition) is 1. The number of allylic oxidation sites excluding steroid dienone is 2.